The SMILES string of the molecule is COC(=O)C(C)(N)CC(C)OC1CC(C)CC(C)(C)C1. The molecule has 1 aliphatic carbocycles. The summed E-state index contributed by atoms with van der Waals surface area (Å²) < 4.78 is 10.9. The van der Waals surface area contributed by atoms with Crippen LogP contribution in [0.1, 0.15) is 60.3 Å². The van der Waals surface area contributed by atoms with Crippen LogP contribution in [-0.2, 0) is 14.3 Å². The molecule has 0 aromatic carbocycles. The summed E-state index contributed by atoms with van der Waals surface area (Å²) in [4.78, 5) is 11.6. The number of hydrogen-bond donors (Lipinski definition) is 1. The van der Waals surface area contributed by atoms with Crippen molar-refractivity contribution in [2.45, 2.75) is 78.0 Å². The summed E-state index contributed by atoms with van der Waals surface area (Å²) in [5, 5.41) is 0. The van der Waals surface area contributed by atoms with Gasteiger partial charge in [-0.2, -0.15) is 0 Å². The molecule has 1 fully saturated rings. The van der Waals surface area contributed by atoms with Crippen LogP contribution >= 0.6 is 0 Å². The zero-order valence-electron chi connectivity index (χ0n) is 13.9. The third-order valence-corrected chi connectivity index (χ3v) is 4.13. The fourth-order valence-corrected chi connectivity index (χ4v) is 3.65. The lowest BCUT2D eigenvalue weighted by molar-refractivity contribution is -0.149. The van der Waals surface area contributed by atoms with Crippen LogP contribution in [-0.4, -0.2) is 30.8 Å². The first-order valence-corrected chi connectivity index (χ1v) is 7.58. The van der Waals surface area contributed by atoms with Crippen LogP contribution in [0.3, 0.4) is 0 Å². The van der Waals surface area contributed by atoms with Crippen molar-refractivity contribution in [3.8, 4) is 0 Å². The standard InChI is InChI=1S/C16H31NO3/c1-11-7-13(10-15(3,4)8-11)20-12(2)9-16(5,17)14(18)19-6/h11-13H,7-10,17H2,1-6H3. The third-order valence-electron chi connectivity index (χ3n) is 4.13. The molecule has 0 amide bonds. The Hall–Kier alpha value is -0.610. The minimum absolute atomic E-state index is 0.0461. The monoisotopic (exact) mass is 285 g/mol. The van der Waals surface area contributed by atoms with Crippen LogP contribution in [0.4, 0.5) is 0 Å². The van der Waals surface area contributed by atoms with Gasteiger partial charge in [-0.1, -0.05) is 20.8 Å². The van der Waals surface area contributed by atoms with Crippen molar-refractivity contribution in [3.63, 3.8) is 0 Å². The van der Waals surface area contributed by atoms with Gasteiger partial charge in [0, 0.05) is 6.42 Å². The van der Waals surface area contributed by atoms with Gasteiger partial charge >= 0.3 is 5.97 Å². The Balaban J connectivity index is 2.54. The zero-order valence-corrected chi connectivity index (χ0v) is 13.9. The van der Waals surface area contributed by atoms with Gasteiger partial charge in [0.05, 0.1) is 19.3 Å². The van der Waals surface area contributed by atoms with E-state index in [0.717, 1.165) is 12.8 Å². The molecule has 118 valence electrons. The predicted octanol–water partition coefficient (Wildman–Crippen LogP) is 2.89. The molecule has 0 aromatic heterocycles. The van der Waals surface area contributed by atoms with E-state index in [9.17, 15) is 4.79 Å². The Labute approximate surface area is 123 Å². The Bertz CT molecular complexity index is 339. The molecule has 0 bridgehead atoms. The first-order valence-electron chi connectivity index (χ1n) is 7.58. The van der Waals surface area contributed by atoms with E-state index in [-0.39, 0.29) is 18.2 Å². The van der Waals surface area contributed by atoms with E-state index in [1.165, 1.54) is 13.5 Å². The lowest BCUT2D eigenvalue weighted by atomic mass is 9.71. The fraction of sp³-hybridized carbons (Fsp3) is 0.938. The van der Waals surface area contributed by atoms with Crippen LogP contribution < -0.4 is 5.73 Å². The van der Waals surface area contributed by atoms with Gasteiger partial charge in [-0.05, 0) is 44.4 Å². The molecule has 2 N–H and O–H groups in total. The van der Waals surface area contributed by atoms with Crippen molar-refractivity contribution >= 4 is 5.97 Å². The molecule has 4 atom stereocenters. The van der Waals surface area contributed by atoms with Gasteiger partial charge in [0.25, 0.3) is 0 Å². The number of carbonyl (C=O) groups excluding carboxylic acids is 1. The van der Waals surface area contributed by atoms with Gasteiger partial charge in [0.2, 0.25) is 0 Å². The molecule has 0 saturated heterocycles. The normalized spacial score (nSPS) is 30.4. The number of hydrogen-bond acceptors (Lipinski definition) is 4. The molecule has 4 nitrogen and oxygen atoms in total. The van der Waals surface area contributed by atoms with Crippen molar-refractivity contribution in [2.24, 2.45) is 17.1 Å². The average Bonchev–Trinajstić information content (AvgIpc) is 2.23. The van der Waals surface area contributed by atoms with Crippen molar-refractivity contribution in [2.75, 3.05) is 7.11 Å². The summed E-state index contributed by atoms with van der Waals surface area (Å²) in [7, 11) is 1.37. The molecule has 1 saturated carbocycles. The van der Waals surface area contributed by atoms with Crippen molar-refractivity contribution in [1.82, 2.24) is 0 Å². The van der Waals surface area contributed by atoms with E-state index in [4.69, 9.17) is 15.2 Å². The molecular weight excluding hydrogens is 254 g/mol. The van der Waals surface area contributed by atoms with Crippen LogP contribution in [0, 0.1) is 11.3 Å². The highest BCUT2D eigenvalue weighted by Crippen LogP contribution is 2.40. The molecule has 0 aliphatic heterocycles. The first-order chi connectivity index (χ1) is 9.05. The fourth-order valence-electron chi connectivity index (χ4n) is 3.65. The van der Waals surface area contributed by atoms with Gasteiger partial charge in [0.15, 0.2) is 0 Å². The average molecular weight is 285 g/mol. The lowest BCUT2D eigenvalue weighted by Crippen LogP contribution is -2.48. The molecule has 4 heteroatoms. The molecule has 0 spiro atoms. The number of nitrogens with two attached hydrogens (primary N) is 1. The second-order valence-electron chi connectivity index (χ2n) is 7.60. The van der Waals surface area contributed by atoms with Gasteiger partial charge in [-0.15, -0.1) is 0 Å². The van der Waals surface area contributed by atoms with Gasteiger partial charge < -0.3 is 15.2 Å². The Morgan fingerprint density at radius 3 is 2.55 bits per heavy atom. The molecule has 0 radical (unpaired) electrons. The molecular formula is C16H31NO3. The quantitative estimate of drug-likeness (QED) is 0.789. The molecule has 4 unspecified atom stereocenters. The van der Waals surface area contributed by atoms with E-state index in [2.05, 4.69) is 20.8 Å². The second-order valence-corrected chi connectivity index (χ2v) is 7.60. The zero-order chi connectivity index (χ0) is 15.6. The maximum atomic E-state index is 11.6. The van der Waals surface area contributed by atoms with E-state index in [0.29, 0.717) is 17.8 Å². The molecule has 1 aliphatic rings. The van der Waals surface area contributed by atoms with Crippen molar-refractivity contribution in [3.05, 3.63) is 0 Å². The Morgan fingerprint density at radius 1 is 1.45 bits per heavy atom. The van der Waals surface area contributed by atoms with E-state index < -0.39 is 5.54 Å². The molecule has 0 heterocycles. The van der Waals surface area contributed by atoms with E-state index in [1.807, 2.05) is 6.92 Å². The summed E-state index contributed by atoms with van der Waals surface area (Å²) in [5.41, 5.74) is 5.35. The largest absolute Gasteiger partial charge is 0.468 e. The Morgan fingerprint density at radius 2 is 2.05 bits per heavy atom. The van der Waals surface area contributed by atoms with Crippen LogP contribution in [0.2, 0.25) is 0 Å². The predicted molar refractivity (Wildman–Crippen MR) is 80.4 cm³/mol. The van der Waals surface area contributed by atoms with Gasteiger partial charge in [0.1, 0.15) is 5.54 Å². The number of carbonyl (C=O) groups is 1. The number of ether oxygens (including phenoxy) is 2. The molecule has 1 rings (SSSR count). The Kier molecular flexibility index (Phi) is 5.61. The van der Waals surface area contributed by atoms with E-state index in [1.54, 1.807) is 6.92 Å². The summed E-state index contributed by atoms with van der Waals surface area (Å²) in [6.07, 6.45) is 4.10. The highest BCUT2D eigenvalue weighted by Gasteiger charge is 2.36. The maximum absolute atomic E-state index is 11.6. The third kappa shape index (κ3) is 5.06. The summed E-state index contributed by atoms with van der Waals surface area (Å²) >= 11 is 0. The smallest absolute Gasteiger partial charge is 0.325 e. The molecule has 0 aromatic rings. The first kappa shape index (κ1) is 17.4. The molecule has 20 heavy (non-hydrogen) atoms. The van der Waals surface area contributed by atoms with Gasteiger partial charge in [-0.25, -0.2) is 0 Å². The topological polar surface area (TPSA) is 61.5 Å². The lowest BCUT2D eigenvalue weighted by Gasteiger charge is -2.40. The minimum atomic E-state index is -0.982. The van der Waals surface area contributed by atoms with E-state index >= 15 is 0 Å². The van der Waals surface area contributed by atoms with Crippen LogP contribution in [0.25, 0.3) is 0 Å². The number of rotatable bonds is 5. The van der Waals surface area contributed by atoms with Crippen molar-refractivity contribution in [1.29, 1.82) is 0 Å². The highest BCUT2D eigenvalue weighted by atomic mass is 16.5. The minimum Gasteiger partial charge on any atom is -0.468 e. The number of esters is 1. The summed E-state index contributed by atoms with van der Waals surface area (Å²) in [6.45, 7) is 10.6. The van der Waals surface area contributed by atoms with Crippen LogP contribution in [0.15, 0.2) is 0 Å². The second kappa shape index (κ2) is 6.44. The summed E-state index contributed by atoms with van der Waals surface area (Å²) in [5.74, 6) is 0.297. The number of methoxy groups -OCH3 is 1. The summed E-state index contributed by atoms with van der Waals surface area (Å²) in [6, 6.07) is 0. The van der Waals surface area contributed by atoms with Crippen molar-refractivity contribution < 1.29 is 14.3 Å². The van der Waals surface area contributed by atoms with Gasteiger partial charge in [-0.3, -0.25) is 4.79 Å². The van der Waals surface area contributed by atoms with Crippen LogP contribution in [0.5, 0.6) is 0 Å². The highest BCUT2D eigenvalue weighted by molar-refractivity contribution is 5.79. The maximum Gasteiger partial charge on any atom is 0.325 e.